The second-order valence-electron chi connectivity index (χ2n) is 4.29. The van der Waals surface area contributed by atoms with E-state index >= 15 is 0 Å². The van der Waals surface area contributed by atoms with Crippen molar-refractivity contribution in [2.75, 3.05) is 19.5 Å². The largest absolute Gasteiger partial charge is 0.497 e. The van der Waals surface area contributed by atoms with Gasteiger partial charge in [0.15, 0.2) is 0 Å². The molecule has 0 bridgehead atoms. The van der Waals surface area contributed by atoms with Crippen LogP contribution in [0.4, 0.5) is 5.69 Å². The van der Waals surface area contributed by atoms with Crippen molar-refractivity contribution in [2.45, 2.75) is 25.8 Å². The zero-order chi connectivity index (χ0) is 13.8. The van der Waals surface area contributed by atoms with Gasteiger partial charge in [0, 0.05) is 6.07 Å². The van der Waals surface area contributed by atoms with Gasteiger partial charge in [-0.15, -0.1) is 0 Å². The maximum absolute atomic E-state index is 12.0. The first-order valence-corrected chi connectivity index (χ1v) is 5.77. The van der Waals surface area contributed by atoms with E-state index in [0.29, 0.717) is 23.6 Å². The van der Waals surface area contributed by atoms with E-state index in [1.807, 2.05) is 6.92 Å². The number of rotatable bonds is 5. The monoisotopic (exact) mass is 252 g/mol. The summed E-state index contributed by atoms with van der Waals surface area (Å²) < 4.78 is 10.3. The molecule has 0 saturated heterocycles. The van der Waals surface area contributed by atoms with E-state index in [2.05, 4.69) is 5.32 Å². The number of amides is 1. The van der Waals surface area contributed by atoms with Crippen LogP contribution in [0.1, 0.15) is 20.3 Å². The zero-order valence-corrected chi connectivity index (χ0v) is 11.2. The van der Waals surface area contributed by atoms with Crippen LogP contribution in [0.25, 0.3) is 0 Å². The number of benzene rings is 1. The van der Waals surface area contributed by atoms with Gasteiger partial charge in [0.05, 0.1) is 25.4 Å². The lowest BCUT2D eigenvalue weighted by Gasteiger charge is -2.22. The van der Waals surface area contributed by atoms with Crippen LogP contribution in [0, 0.1) is 0 Å². The Labute approximate surface area is 107 Å². The molecule has 0 aromatic heterocycles. The number of hydrogen-bond acceptors (Lipinski definition) is 4. The van der Waals surface area contributed by atoms with Gasteiger partial charge in [0.1, 0.15) is 11.5 Å². The highest BCUT2D eigenvalue weighted by atomic mass is 16.5. The van der Waals surface area contributed by atoms with Gasteiger partial charge in [-0.1, -0.05) is 6.92 Å². The highest BCUT2D eigenvalue weighted by molar-refractivity contribution is 5.98. The minimum Gasteiger partial charge on any atom is -0.497 e. The summed E-state index contributed by atoms with van der Waals surface area (Å²) in [6, 6.07) is 5.19. The Hall–Kier alpha value is -1.75. The van der Waals surface area contributed by atoms with Crippen LogP contribution in [-0.2, 0) is 4.79 Å². The summed E-state index contributed by atoms with van der Waals surface area (Å²) in [7, 11) is 3.10. The number of anilines is 1. The lowest BCUT2D eigenvalue weighted by molar-refractivity contribution is -0.120. The van der Waals surface area contributed by atoms with Crippen LogP contribution < -0.4 is 20.5 Å². The average molecular weight is 252 g/mol. The summed E-state index contributed by atoms with van der Waals surface area (Å²) in [5.74, 6) is 0.953. The number of methoxy groups -OCH3 is 2. The number of hydrogen-bond donors (Lipinski definition) is 2. The molecular formula is C13H20N2O3. The molecular weight excluding hydrogens is 232 g/mol. The lowest BCUT2D eigenvalue weighted by Crippen LogP contribution is -2.47. The summed E-state index contributed by atoms with van der Waals surface area (Å²) in [4.78, 5) is 12.0. The van der Waals surface area contributed by atoms with Crippen molar-refractivity contribution >= 4 is 11.6 Å². The second-order valence-corrected chi connectivity index (χ2v) is 4.29. The third kappa shape index (κ3) is 3.13. The Morgan fingerprint density at radius 2 is 2.06 bits per heavy atom. The van der Waals surface area contributed by atoms with Crippen LogP contribution in [0.5, 0.6) is 11.5 Å². The van der Waals surface area contributed by atoms with Crippen LogP contribution in [0.15, 0.2) is 18.2 Å². The molecule has 0 heterocycles. The molecule has 5 heteroatoms. The standard InChI is InChI=1S/C13H20N2O3/c1-5-13(2,14)12(16)15-10-8-9(17-3)6-7-11(10)18-4/h6-8H,5,14H2,1-4H3,(H,15,16). The van der Waals surface area contributed by atoms with E-state index in [1.165, 1.54) is 0 Å². The Morgan fingerprint density at radius 3 is 2.56 bits per heavy atom. The van der Waals surface area contributed by atoms with E-state index in [9.17, 15) is 4.79 Å². The molecule has 1 amide bonds. The molecule has 0 spiro atoms. The molecule has 0 aliphatic heterocycles. The normalized spacial score (nSPS) is 13.6. The molecule has 0 aliphatic rings. The van der Waals surface area contributed by atoms with Crippen molar-refractivity contribution < 1.29 is 14.3 Å². The maximum Gasteiger partial charge on any atom is 0.244 e. The van der Waals surface area contributed by atoms with E-state index in [4.69, 9.17) is 15.2 Å². The number of carbonyl (C=O) groups is 1. The molecule has 1 aromatic rings. The second kappa shape index (κ2) is 5.73. The summed E-state index contributed by atoms with van der Waals surface area (Å²) >= 11 is 0. The van der Waals surface area contributed by atoms with Gasteiger partial charge < -0.3 is 20.5 Å². The van der Waals surface area contributed by atoms with E-state index < -0.39 is 5.54 Å². The molecule has 0 fully saturated rings. The smallest absolute Gasteiger partial charge is 0.244 e. The Balaban J connectivity index is 2.98. The summed E-state index contributed by atoms with van der Waals surface area (Å²) in [6.07, 6.45) is 0.547. The quantitative estimate of drug-likeness (QED) is 0.837. The fourth-order valence-electron chi connectivity index (χ4n) is 1.34. The van der Waals surface area contributed by atoms with Gasteiger partial charge in [0.2, 0.25) is 5.91 Å². The molecule has 1 atom stereocenters. The topological polar surface area (TPSA) is 73.6 Å². The Bertz CT molecular complexity index is 430. The Morgan fingerprint density at radius 1 is 1.39 bits per heavy atom. The summed E-state index contributed by atoms with van der Waals surface area (Å²) in [6.45, 7) is 3.55. The zero-order valence-electron chi connectivity index (χ0n) is 11.2. The molecule has 18 heavy (non-hydrogen) atoms. The molecule has 0 radical (unpaired) electrons. The van der Waals surface area contributed by atoms with E-state index in [1.54, 1.807) is 39.3 Å². The molecule has 1 unspecified atom stereocenters. The maximum atomic E-state index is 12.0. The molecule has 0 saturated carbocycles. The van der Waals surface area contributed by atoms with Gasteiger partial charge in [-0.05, 0) is 25.5 Å². The van der Waals surface area contributed by atoms with Crippen LogP contribution in [0.2, 0.25) is 0 Å². The van der Waals surface area contributed by atoms with Crippen LogP contribution in [0.3, 0.4) is 0 Å². The number of ether oxygens (including phenoxy) is 2. The first-order chi connectivity index (χ1) is 8.44. The van der Waals surface area contributed by atoms with Crippen molar-refractivity contribution in [3.63, 3.8) is 0 Å². The predicted molar refractivity (Wildman–Crippen MR) is 71.1 cm³/mol. The minimum absolute atomic E-state index is 0.253. The number of nitrogens with two attached hydrogens (primary N) is 1. The van der Waals surface area contributed by atoms with Crippen molar-refractivity contribution in [1.82, 2.24) is 0 Å². The number of carbonyl (C=O) groups excluding carboxylic acids is 1. The molecule has 1 rings (SSSR count). The highest BCUT2D eigenvalue weighted by Gasteiger charge is 2.26. The molecule has 100 valence electrons. The van der Waals surface area contributed by atoms with Crippen molar-refractivity contribution in [3.8, 4) is 11.5 Å². The molecule has 1 aromatic carbocycles. The van der Waals surface area contributed by atoms with Gasteiger partial charge in [0.25, 0.3) is 0 Å². The van der Waals surface area contributed by atoms with E-state index in [-0.39, 0.29) is 5.91 Å². The first kappa shape index (κ1) is 14.3. The van der Waals surface area contributed by atoms with Gasteiger partial charge >= 0.3 is 0 Å². The first-order valence-electron chi connectivity index (χ1n) is 5.77. The summed E-state index contributed by atoms with van der Waals surface area (Å²) in [5.41, 5.74) is 5.52. The van der Waals surface area contributed by atoms with E-state index in [0.717, 1.165) is 0 Å². The molecule has 0 aliphatic carbocycles. The Kier molecular flexibility index (Phi) is 4.55. The highest BCUT2D eigenvalue weighted by Crippen LogP contribution is 2.29. The minimum atomic E-state index is -0.909. The van der Waals surface area contributed by atoms with Crippen molar-refractivity contribution in [1.29, 1.82) is 0 Å². The van der Waals surface area contributed by atoms with Crippen molar-refractivity contribution in [2.24, 2.45) is 5.73 Å². The fraction of sp³-hybridized carbons (Fsp3) is 0.462. The SMILES string of the molecule is CCC(C)(N)C(=O)Nc1cc(OC)ccc1OC. The average Bonchev–Trinajstić information content (AvgIpc) is 2.38. The third-order valence-corrected chi connectivity index (χ3v) is 2.91. The predicted octanol–water partition coefficient (Wildman–Crippen LogP) is 1.77. The lowest BCUT2D eigenvalue weighted by atomic mass is 9.99. The van der Waals surface area contributed by atoms with Gasteiger partial charge in [-0.25, -0.2) is 0 Å². The fourth-order valence-corrected chi connectivity index (χ4v) is 1.34. The van der Waals surface area contributed by atoms with Crippen LogP contribution in [-0.4, -0.2) is 25.7 Å². The third-order valence-electron chi connectivity index (χ3n) is 2.91. The summed E-state index contributed by atoms with van der Waals surface area (Å²) in [5, 5.41) is 2.76. The van der Waals surface area contributed by atoms with Crippen LogP contribution >= 0.6 is 0 Å². The van der Waals surface area contributed by atoms with Gasteiger partial charge in [-0.2, -0.15) is 0 Å². The van der Waals surface area contributed by atoms with Gasteiger partial charge in [-0.3, -0.25) is 4.79 Å². The number of nitrogens with one attached hydrogen (secondary N) is 1. The van der Waals surface area contributed by atoms with Crippen molar-refractivity contribution in [3.05, 3.63) is 18.2 Å². The molecule has 5 nitrogen and oxygen atoms in total. The molecule has 3 N–H and O–H groups in total.